The second-order valence-electron chi connectivity index (χ2n) is 11.4. The van der Waals surface area contributed by atoms with Gasteiger partial charge in [-0.15, -0.1) is 18.5 Å². The maximum absolute atomic E-state index is 5.31. The van der Waals surface area contributed by atoms with Crippen molar-refractivity contribution in [3.63, 3.8) is 0 Å². The van der Waals surface area contributed by atoms with Crippen LogP contribution in [0.3, 0.4) is 0 Å². The van der Waals surface area contributed by atoms with Crippen LogP contribution in [-0.4, -0.2) is 9.97 Å². The Morgan fingerprint density at radius 3 is 1.62 bits per heavy atom. The summed E-state index contributed by atoms with van der Waals surface area (Å²) in [5.74, 6) is 0. The Labute approximate surface area is 241 Å². The van der Waals surface area contributed by atoms with Crippen LogP contribution in [0.1, 0.15) is 48.8 Å². The van der Waals surface area contributed by atoms with E-state index in [2.05, 4.69) is 155 Å². The molecule has 0 saturated heterocycles. The van der Waals surface area contributed by atoms with Crippen LogP contribution in [0.5, 0.6) is 0 Å². The van der Waals surface area contributed by atoms with Crippen LogP contribution in [0.25, 0.3) is 32.9 Å². The maximum Gasteiger partial charge on any atom is 0.0939 e. The Balaban J connectivity index is 1.76. The summed E-state index contributed by atoms with van der Waals surface area (Å²) in [7, 11) is 6.21. The lowest BCUT2D eigenvalue weighted by Crippen LogP contribution is -2.31. The topological polar surface area (TPSA) is 25.8 Å². The van der Waals surface area contributed by atoms with Crippen molar-refractivity contribution in [2.45, 2.75) is 37.5 Å². The number of hydrogen-bond acceptors (Lipinski definition) is 2. The van der Waals surface area contributed by atoms with E-state index >= 15 is 0 Å². The van der Waals surface area contributed by atoms with Gasteiger partial charge in [-0.1, -0.05) is 112 Å². The van der Waals surface area contributed by atoms with Crippen molar-refractivity contribution in [3.05, 3.63) is 143 Å². The predicted molar refractivity (Wildman–Crippen MR) is 177 cm³/mol. The molecule has 0 aliphatic carbocycles. The number of para-hydroxylation sites is 2. The van der Waals surface area contributed by atoms with Crippen molar-refractivity contribution in [3.8, 4) is 11.1 Å². The van der Waals surface area contributed by atoms with Crippen LogP contribution in [0.2, 0.25) is 0 Å². The number of nitrogens with zero attached hydrogens (tertiary/aromatic N) is 2. The van der Waals surface area contributed by atoms with Crippen LogP contribution in [-0.2, 0) is 16.7 Å². The first-order valence-electron chi connectivity index (χ1n) is 13.7. The summed E-state index contributed by atoms with van der Waals surface area (Å²) in [6.45, 7) is 6.95. The number of pyridine rings is 2. The molecular formula is C36H34N2P2. The molecule has 0 radical (unpaired) electrons. The lowest BCUT2D eigenvalue weighted by atomic mass is 9.72. The second-order valence-corrected chi connectivity index (χ2v) is 12.7. The van der Waals surface area contributed by atoms with Gasteiger partial charge in [0.25, 0.3) is 0 Å². The maximum atomic E-state index is 5.31. The Morgan fingerprint density at radius 1 is 0.575 bits per heavy atom. The molecule has 0 aliphatic rings. The molecule has 40 heavy (non-hydrogen) atoms. The first kappa shape index (κ1) is 26.8. The third-order valence-corrected chi connectivity index (χ3v) is 9.07. The smallest absolute Gasteiger partial charge is 0.0939 e. The highest BCUT2D eigenvalue weighted by Crippen LogP contribution is 2.51. The Bertz CT molecular complexity index is 1760. The predicted octanol–water partition coefficient (Wildman–Crippen LogP) is 9.29. The van der Waals surface area contributed by atoms with E-state index in [1.54, 1.807) is 0 Å². The molecule has 2 heterocycles. The summed E-state index contributed by atoms with van der Waals surface area (Å²) in [6, 6.07) is 40.8. The van der Waals surface area contributed by atoms with Gasteiger partial charge in [-0.25, -0.2) is 0 Å². The number of aromatic nitrogens is 2. The quantitative estimate of drug-likeness (QED) is 0.198. The van der Waals surface area contributed by atoms with E-state index in [-0.39, 0.29) is 5.41 Å². The van der Waals surface area contributed by atoms with Crippen molar-refractivity contribution < 1.29 is 0 Å². The zero-order valence-corrected chi connectivity index (χ0v) is 25.5. The molecule has 0 spiro atoms. The lowest BCUT2D eigenvalue weighted by Gasteiger charge is -2.38. The Hall–Kier alpha value is -3.44. The van der Waals surface area contributed by atoms with E-state index in [0.29, 0.717) is 0 Å². The molecule has 4 heteroatoms. The summed E-state index contributed by atoms with van der Waals surface area (Å²) in [5, 5.41) is 1.57. The molecular weight excluding hydrogens is 522 g/mol. The van der Waals surface area contributed by atoms with Crippen LogP contribution in [0.4, 0.5) is 0 Å². The zero-order valence-electron chi connectivity index (χ0n) is 23.2. The number of benzene rings is 4. The molecule has 2 atom stereocenters. The molecule has 0 aliphatic heterocycles. The monoisotopic (exact) mass is 556 g/mol. The van der Waals surface area contributed by atoms with Crippen molar-refractivity contribution >= 4 is 40.3 Å². The van der Waals surface area contributed by atoms with Gasteiger partial charge in [0.2, 0.25) is 0 Å². The molecule has 198 valence electrons. The molecule has 2 aromatic heterocycles. The van der Waals surface area contributed by atoms with E-state index in [1.165, 1.54) is 27.8 Å². The van der Waals surface area contributed by atoms with Gasteiger partial charge in [-0.05, 0) is 63.7 Å². The molecule has 2 unspecified atom stereocenters. The molecule has 0 fully saturated rings. The van der Waals surface area contributed by atoms with Crippen LogP contribution in [0, 0.1) is 0 Å². The van der Waals surface area contributed by atoms with Crippen LogP contribution < -0.4 is 0 Å². The zero-order chi connectivity index (χ0) is 27.9. The fraction of sp³-hybridized carbons (Fsp3) is 0.167. The first-order valence-corrected chi connectivity index (χ1v) is 15.1. The average Bonchev–Trinajstić information content (AvgIpc) is 2.99. The highest BCUT2D eigenvalue weighted by atomic mass is 31.0. The minimum absolute atomic E-state index is 0.147. The molecule has 0 amide bonds. The standard InChI is InChI=1S/C36H34N2P2/c1-35(2,3)34-28(24-11-5-4-6-12-24)20-17-27(23-39)33(34)36(40,31-21-18-25-13-7-9-15-29(25)37-31)32-22-19-26-14-8-10-16-30(26)38-32/h4-22H,23,39-40H2,1-3H3. The molecule has 4 aromatic carbocycles. The summed E-state index contributed by atoms with van der Waals surface area (Å²) >= 11 is 0. The van der Waals surface area contributed by atoms with Crippen molar-refractivity contribution in [1.82, 2.24) is 9.97 Å². The van der Waals surface area contributed by atoms with Crippen LogP contribution >= 0.6 is 18.5 Å². The van der Waals surface area contributed by atoms with E-state index in [0.717, 1.165) is 39.4 Å². The number of fused-ring (bicyclic) bond motifs is 2. The molecule has 6 aromatic rings. The normalized spacial score (nSPS) is 12.2. The summed E-state index contributed by atoms with van der Waals surface area (Å²) < 4.78 is 0. The SMILES string of the molecule is CC(C)(C)c1c(-c2ccccc2)ccc(CP)c1C(P)(c1ccc2ccccc2n1)c1ccc2ccccc2n1. The Kier molecular flexibility index (Phi) is 7.03. The average molecular weight is 557 g/mol. The molecule has 0 saturated carbocycles. The van der Waals surface area contributed by atoms with Gasteiger partial charge in [0, 0.05) is 10.8 Å². The second kappa shape index (κ2) is 10.5. The third kappa shape index (κ3) is 4.64. The number of hydrogen-bond donors (Lipinski definition) is 0. The highest BCUT2D eigenvalue weighted by Gasteiger charge is 2.41. The van der Waals surface area contributed by atoms with E-state index in [1.807, 2.05) is 0 Å². The van der Waals surface area contributed by atoms with E-state index < -0.39 is 5.16 Å². The summed E-state index contributed by atoms with van der Waals surface area (Å²) in [4.78, 5) is 10.6. The minimum Gasteiger partial charge on any atom is -0.251 e. The third-order valence-electron chi connectivity index (χ3n) is 7.75. The van der Waals surface area contributed by atoms with Gasteiger partial charge in [0.1, 0.15) is 0 Å². The largest absolute Gasteiger partial charge is 0.251 e. The fourth-order valence-corrected chi connectivity index (χ4v) is 6.85. The van der Waals surface area contributed by atoms with Crippen molar-refractivity contribution in [2.75, 3.05) is 0 Å². The van der Waals surface area contributed by atoms with E-state index in [9.17, 15) is 0 Å². The molecule has 6 rings (SSSR count). The van der Waals surface area contributed by atoms with Gasteiger partial charge < -0.3 is 0 Å². The number of rotatable bonds is 5. The first-order chi connectivity index (χ1) is 19.3. The molecule has 0 N–H and O–H groups in total. The summed E-state index contributed by atoms with van der Waals surface area (Å²) in [6.07, 6.45) is 0.824. The van der Waals surface area contributed by atoms with Gasteiger partial charge in [0.15, 0.2) is 0 Å². The minimum atomic E-state index is -0.687. The lowest BCUT2D eigenvalue weighted by molar-refractivity contribution is 0.576. The van der Waals surface area contributed by atoms with Gasteiger partial charge in [-0.2, -0.15) is 0 Å². The van der Waals surface area contributed by atoms with Gasteiger partial charge in [0.05, 0.1) is 27.6 Å². The highest BCUT2D eigenvalue weighted by molar-refractivity contribution is 7.19. The van der Waals surface area contributed by atoms with Crippen molar-refractivity contribution in [1.29, 1.82) is 0 Å². The summed E-state index contributed by atoms with van der Waals surface area (Å²) in [5.41, 5.74) is 10.1. The molecule has 2 nitrogen and oxygen atoms in total. The fourth-order valence-electron chi connectivity index (χ4n) is 5.86. The Morgan fingerprint density at radius 2 is 1.10 bits per heavy atom. The van der Waals surface area contributed by atoms with Gasteiger partial charge in [-0.3, -0.25) is 9.97 Å². The molecule has 0 bridgehead atoms. The van der Waals surface area contributed by atoms with Gasteiger partial charge >= 0.3 is 0 Å². The van der Waals surface area contributed by atoms with Crippen LogP contribution in [0.15, 0.2) is 115 Å². The van der Waals surface area contributed by atoms with Crippen molar-refractivity contribution in [2.24, 2.45) is 0 Å². The van der Waals surface area contributed by atoms with E-state index in [4.69, 9.17) is 9.97 Å².